The molecule has 0 bridgehead atoms. The summed E-state index contributed by atoms with van der Waals surface area (Å²) in [4.78, 5) is 12.0. The van der Waals surface area contributed by atoms with E-state index in [9.17, 15) is 18.0 Å². The van der Waals surface area contributed by atoms with Crippen molar-refractivity contribution in [3.8, 4) is 10.6 Å². The van der Waals surface area contributed by atoms with Crippen molar-refractivity contribution < 1.29 is 18.0 Å². The van der Waals surface area contributed by atoms with E-state index in [1.54, 1.807) is 6.07 Å². The fourth-order valence-corrected chi connectivity index (χ4v) is 2.92. The summed E-state index contributed by atoms with van der Waals surface area (Å²) >= 11 is 1.07. The van der Waals surface area contributed by atoms with Crippen molar-refractivity contribution in [3.63, 3.8) is 0 Å². The number of carbonyl (C=O) groups is 1. The second kappa shape index (κ2) is 7.12. The summed E-state index contributed by atoms with van der Waals surface area (Å²) in [5.41, 5.74) is 1.39. The molecule has 1 aromatic heterocycles. The highest BCUT2D eigenvalue weighted by atomic mass is 32.1. The van der Waals surface area contributed by atoms with Crippen molar-refractivity contribution >= 4 is 28.2 Å². The second-order valence-corrected chi connectivity index (χ2v) is 6.41. The number of urea groups is 1. The monoisotopic (exact) mass is 378 g/mol. The minimum absolute atomic E-state index is 0.241. The van der Waals surface area contributed by atoms with Crippen LogP contribution in [0.25, 0.3) is 10.6 Å². The summed E-state index contributed by atoms with van der Waals surface area (Å²) in [5, 5.41) is 13.6. The van der Waals surface area contributed by atoms with Gasteiger partial charge in [-0.25, -0.2) is 4.79 Å². The van der Waals surface area contributed by atoms with E-state index < -0.39 is 17.8 Å². The van der Waals surface area contributed by atoms with Gasteiger partial charge in [0.2, 0.25) is 5.13 Å². The number of benzene rings is 2. The molecule has 134 valence electrons. The maximum atomic E-state index is 12.6. The summed E-state index contributed by atoms with van der Waals surface area (Å²) in [7, 11) is 0. The van der Waals surface area contributed by atoms with Crippen LogP contribution in [0.4, 0.5) is 28.8 Å². The molecule has 26 heavy (non-hydrogen) atoms. The molecule has 0 atom stereocenters. The maximum Gasteiger partial charge on any atom is 0.416 e. The predicted octanol–water partition coefficient (Wildman–Crippen LogP) is 5.18. The number of aryl methyl sites for hydroxylation is 1. The van der Waals surface area contributed by atoms with E-state index in [1.165, 1.54) is 12.1 Å². The number of carbonyl (C=O) groups excluding carboxylic acids is 1. The number of nitrogens with one attached hydrogen (secondary N) is 2. The van der Waals surface area contributed by atoms with Crippen LogP contribution in [0.2, 0.25) is 0 Å². The molecule has 2 amide bonds. The van der Waals surface area contributed by atoms with Crippen LogP contribution >= 0.6 is 11.3 Å². The first-order chi connectivity index (χ1) is 12.3. The molecule has 0 radical (unpaired) electrons. The Kier molecular flexibility index (Phi) is 4.90. The van der Waals surface area contributed by atoms with Crippen LogP contribution in [0.15, 0.2) is 48.5 Å². The normalized spacial score (nSPS) is 11.2. The molecular weight excluding hydrogens is 365 g/mol. The van der Waals surface area contributed by atoms with E-state index in [0.717, 1.165) is 29.0 Å². The van der Waals surface area contributed by atoms with Crippen LogP contribution in [0.5, 0.6) is 0 Å². The Morgan fingerprint density at radius 1 is 1.04 bits per heavy atom. The zero-order chi connectivity index (χ0) is 18.7. The molecule has 3 aromatic rings. The molecule has 0 saturated carbocycles. The Morgan fingerprint density at radius 2 is 1.77 bits per heavy atom. The van der Waals surface area contributed by atoms with E-state index in [-0.39, 0.29) is 5.13 Å². The number of halogens is 3. The van der Waals surface area contributed by atoms with Gasteiger partial charge in [-0.2, -0.15) is 13.2 Å². The molecule has 0 aliphatic heterocycles. The van der Waals surface area contributed by atoms with Crippen molar-refractivity contribution in [2.45, 2.75) is 13.1 Å². The molecule has 0 fully saturated rings. The molecule has 0 spiro atoms. The number of hydrogen-bond acceptors (Lipinski definition) is 4. The maximum absolute atomic E-state index is 12.6. The first kappa shape index (κ1) is 17.9. The van der Waals surface area contributed by atoms with Gasteiger partial charge >= 0.3 is 12.2 Å². The van der Waals surface area contributed by atoms with Gasteiger partial charge in [-0.1, -0.05) is 35.6 Å². The number of hydrogen-bond donors (Lipinski definition) is 2. The van der Waals surface area contributed by atoms with Gasteiger partial charge in [0.25, 0.3) is 0 Å². The van der Waals surface area contributed by atoms with Crippen molar-refractivity contribution in [1.82, 2.24) is 10.2 Å². The highest BCUT2D eigenvalue weighted by Gasteiger charge is 2.30. The van der Waals surface area contributed by atoms with Gasteiger partial charge in [0.05, 0.1) is 5.56 Å². The lowest BCUT2D eigenvalue weighted by Crippen LogP contribution is -2.19. The van der Waals surface area contributed by atoms with Crippen molar-refractivity contribution in [2.75, 3.05) is 10.6 Å². The average molecular weight is 378 g/mol. The van der Waals surface area contributed by atoms with Crippen molar-refractivity contribution in [2.24, 2.45) is 0 Å². The van der Waals surface area contributed by atoms with Gasteiger partial charge in [-0.15, -0.1) is 10.2 Å². The lowest BCUT2D eigenvalue weighted by Gasteiger charge is -2.06. The molecule has 0 aliphatic rings. The van der Waals surface area contributed by atoms with E-state index >= 15 is 0 Å². The quantitative estimate of drug-likeness (QED) is 0.660. The molecule has 2 aromatic carbocycles. The molecule has 9 heteroatoms. The largest absolute Gasteiger partial charge is 0.416 e. The van der Waals surface area contributed by atoms with Crippen LogP contribution in [0.3, 0.4) is 0 Å². The fraction of sp³-hybridized carbons (Fsp3) is 0.118. The Balaban J connectivity index is 1.67. The zero-order valence-electron chi connectivity index (χ0n) is 13.5. The summed E-state index contributed by atoms with van der Waals surface area (Å²) in [6.07, 6.45) is -4.39. The third-order valence-corrected chi connectivity index (χ3v) is 4.27. The topological polar surface area (TPSA) is 66.9 Å². The number of rotatable bonds is 3. The van der Waals surface area contributed by atoms with Crippen molar-refractivity contribution in [3.05, 3.63) is 59.7 Å². The number of aromatic nitrogens is 2. The standard InChI is InChI=1S/C17H13F3N4OS/c1-10-3-2-4-13(9-10)21-15(25)22-16-24-23-14(26-16)11-5-7-12(8-6-11)17(18,19)20/h2-9H,1H3,(H2,21,22,24,25). The lowest BCUT2D eigenvalue weighted by atomic mass is 10.1. The van der Waals surface area contributed by atoms with Crippen LogP contribution < -0.4 is 10.6 Å². The third kappa shape index (κ3) is 4.37. The molecule has 3 rings (SSSR count). The SMILES string of the molecule is Cc1cccc(NC(=O)Nc2nnc(-c3ccc(C(F)(F)F)cc3)s2)c1. The minimum atomic E-state index is -4.39. The van der Waals surface area contributed by atoms with Crippen LogP contribution in [0, 0.1) is 6.92 Å². The van der Waals surface area contributed by atoms with Crippen molar-refractivity contribution in [1.29, 1.82) is 0 Å². The van der Waals surface area contributed by atoms with Gasteiger partial charge in [0.15, 0.2) is 0 Å². The summed E-state index contributed by atoms with van der Waals surface area (Å²) in [6.45, 7) is 1.91. The number of anilines is 2. The Labute approximate surface area is 150 Å². The third-order valence-electron chi connectivity index (χ3n) is 3.38. The second-order valence-electron chi connectivity index (χ2n) is 5.44. The lowest BCUT2D eigenvalue weighted by molar-refractivity contribution is -0.137. The van der Waals surface area contributed by atoms with Gasteiger partial charge in [-0.3, -0.25) is 5.32 Å². The minimum Gasteiger partial charge on any atom is -0.308 e. The van der Waals surface area contributed by atoms with Gasteiger partial charge in [0, 0.05) is 11.3 Å². The predicted molar refractivity (Wildman–Crippen MR) is 94.2 cm³/mol. The van der Waals surface area contributed by atoms with Crippen LogP contribution in [-0.2, 0) is 6.18 Å². The number of alkyl halides is 3. The highest BCUT2D eigenvalue weighted by molar-refractivity contribution is 7.18. The molecule has 0 unspecified atom stereocenters. The van der Waals surface area contributed by atoms with E-state index in [1.807, 2.05) is 25.1 Å². The van der Waals surface area contributed by atoms with Gasteiger partial charge in [0.1, 0.15) is 5.01 Å². The molecule has 0 aliphatic carbocycles. The molecule has 0 saturated heterocycles. The number of amides is 2. The van der Waals surface area contributed by atoms with Gasteiger partial charge < -0.3 is 5.32 Å². The summed E-state index contributed by atoms with van der Waals surface area (Å²) in [6, 6.07) is 11.4. The summed E-state index contributed by atoms with van der Waals surface area (Å²) in [5.74, 6) is 0. The zero-order valence-corrected chi connectivity index (χ0v) is 14.3. The average Bonchev–Trinajstić information content (AvgIpc) is 3.02. The first-order valence-electron chi connectivity index (χ1n) is 7.47. The fourth-order valence-electron chi connectivity index (χ4n) is 2.17. The highest BCUT2D eigenvalue weighted by Crippen LogP contribution is 2.32. The van der Waals surface area contributed by atoms with Crippen LogP contribution in [0.1, 0.15) is 11.1 Å². The molecule has 5 nitrogen and oxygen atoms in total. The smallest absolute Gasteiger partial charge is 0.308 e. The van der Waals surface area contributed by atoms with E-state index in [0.29, 0.717) is 16.3 Å². The Hall–Kier alpha value is -2.94. The number of nitrogens with zero attached hydrogens (tertiary/aromatic N) is 2. The van der Waals surface area contributed by atoms with E-state index in [4.69, 9.17) is 0 Å². The Morgan fingerprint density at radius 3 is 2.42 bits per heavy atom. The summed E-state index contributed by atoms with van der Waals surface area (Å²) < 4.78 is 37.8. The molecule has 2 N–H and O–H groups in total. The molecule has 1 heterocycles. The van der Waals surface area contributed by atoms with E-state index in [2.05, 4.69) is 20.8 Å². The van der Waals surface area contributed by atoms with Crippen LogP contribution in [-0.4, -0.2) is 16.2 Å². The Bertz CT molecular complexity index is 922. The van der Waals surface area contributed by atoms with Gasteiger partial charge in [-0.05, 0) is 36.8 Å². The first-order valence-corrected chi connectivity index (χ1v) is 8.29. The molecular formula is C17H13F3N4OS.